The van der Waals surface area contributed by atoms with Crippen molar-refractivity contribution in [2.24, 2.45) is 5.41 Å². The minimum atomic E-state index is -0.821. The first kappa shape index (κ1) is 17.9. The van der Waals surface area contributed by atoms with Crippen LogP contribution < -0.4 is 5.32 Å². The van der Waals surface area contributed by atoms with Gasteiger partial charge in [0.2, 0.25) is 5.91 Å². The van der Waals surface area contributed by atoms with E-state index in [0.29, 0.717) is 13.2 Å². The minimum absolute atomic E-state index is 0.0756. The first-order chi connectivity index (χ1) is 10.0. The van der Waals surface area contributed by atoms with Crippen molar-refractivity contribution in [3.05, 3.63) is 0 Å². The number of carbonyl (C=O) groups is 2. The molecule has 21 heavy (non-hydrogen) atoms. The molecule has 1 unspecified atom stereocenters. The fourth-order valence-electron chi connectivity index (χ4n) is 3.07. The predicted octanol–water partition coefficient (Wildman–Crippen LogP) is 1.58. The van der Waals surface area contributed by atoms with E-state index in [1.165, 1.54) is 0 Å². The zero-order valence-electron chi connectivity index (χ0n) is 13.0. The normalized spacial score (nSPS) is 19.0. The molecule has 2 N–H and O–H groups in total. The molecule has 1 rings (SSSR count). The summed E-state index contributed by atoms with van der Waals surface area (Å²) in [7, 11) is 3.15. The second-order valence-electron chi connectivity index (χ2n) is 5.93. The molecule has 1 aliphatic rings. The maximum Gasteiger partial charge on any atom is 0.303 e. The van der Waals surface area contributed by atoms with Crippen molar-refractivity contribution in [3.8, 4) is 0 Å². The lowest BCUT2D eigenvalue weighted by molar-refractivity contribution is -0.141. The highest BCUT2D eigenvalue weighted by Crippen LogP contribution is 2.42. The van der Waals surface area contributed by atoms with Crippen molar-refractivity contribution in [3.63, 3.8) is 0 Å². The summed E-state index contributed by atoms with van der Waals surface area (Å²) in [5.41, 5.74) is -0.377. The van der Waals surface area contributed by atoms with Gasteiger partial charge in [-0.2, -0.15) is 0 Å². The fourth-order valence-corrected chi connectivity index (χ4v) is 3.07. The van der Waals surface area contributed by atoms with Gasteiger partial charge in [0.25, 0.3) is 0 Å². The Morgan fingerprint density at radius 2 is 1.86 bits per heavy atom. The molecular weight excluding hydrogens is 274 g/mol. The number of hydrogen-bond acceptors (Lipinski definition) is 4. The second-order valence-corrected chi connectivity index (χ2v) is 5.93. The van der Waals surface area contributed by atoms with Gasteiger partial charge in [-0.05, 0) is 18.3 Å². The van der Waals surface area contributed by atoms with Crippen molar-refractivity contribution in [2.75, 3.05) is 27.4 Å². The van der Waals surface area contributed by atoms with Gasteiger partial charge in [-0.3, -0.25) is 9.59 Å². The summed E-state index contributed by atoms with van der Waals surface area (Å²) in [5, 5.41) is 11.9. The number of ether oxygens (including phenoxy) is 2. The molecule has 0 saturated heterocycles. The Bertz CT molecular complexity index is 339. The Morgan fingerprint density at radius 1 is 1.19 bits per heavy atom. The maximum absolute atomic E-state index is 12.1. The highest BCUT2D eigenvalue weighted by atomic mass is 16.5. The van der Waals surface area contributed by atoms with Crippen molar-refractivity contribution < 1.29 is 24.2 Å². The molecule has 1 aliphatic carbocycles. The molecule has 0 bridgehead atoms. The predicted molar refractivity (Wildman–Crippen MR) is 78.1 cm³/mol. The summed E-state index contributed by atoms with van der Waals surface area (Å²) >= 11 is 0. The summed E-state index contributed by atoms with van der Waals surface area (Å²) in [6.45, 7) is 0.795. The summed E-state index contributed by atoms with van der Waals surface area (Å²) in [5.74, 6) is -0.921. The van der Waals surface area contributed by atoms with Gasteiger partial charge in [-0.15, -0.1) is 0 Å². The van der Waals surface area contributed by atoms with Crippen LogP contribution in [0.2, 0.25) is 0 Å². The Labute approximate surface area is 126 Å². The molecule has 1 saturated carbocycles. The summed E-state index contributed by atoms with van der Waals surface area (Å²) in [6, 6.07) is 0. The van der Waals surface area contributed by atoms with E-state index in [2.05, 4.69) is 5.32 Å². The Hall–Kier alpha value is -1.14. The van der Waals surface area contributed by atoms with Gasteiger partial charge in [0.15, 0.2) is 0 Å². The highest BCUT2D eigenvalue weighted by Gasteiger charge is 2.36. The van der Waals surface area contributed by atoms with Crippen LogP contribution >= 0.6 is 0 Å². The van der Waals surface area contributed by atoms with Gasteiger partial charge in [0.05, 0.1) is 19.1 Å². The zero-order chi connectivity index (χ0) is 15.7. The monoisotopic (exact) mass is 301 g/mol. The van der Waals surface area contributed by atoms with Gasteiger partial charge in [0, 0.05) is 27.2 Å². The number of aliphatic carboxylic acids is 1. The lowest BCUT2D eigenvalue weighted by Crippen LogP contribution is -2.39. The number of hydrogen-bond donors (Lipinski definition) is 2. The highest BCUT2D eigenvalue weighted by molar-refractivity contribution is 5.78. The van der Waals surface area contributed by atoms with E-state index in [1.807, 2.05) is 0 Å². The van der Waals surface area contributed by atoms with Crippen LogP contribution in [0.4, 0.5) is 0 Å². The average molecular weight is 301 g/mol. The van der Waals surface area contributed by atoms with E-state index >= 15 is 0 Å². The van der Waals surface area contributed by atoms with Gasteiger partial charge in [0.1, 0.15) is 0 Å². The van der Waals surface area contributed by atoms with Gasteiger partial charge in [-0.1, -0.05) is 19.3 Å². The van der Waals surface area contributed by atoms with Crippen LogP contribution in [0.3, 0.4) is 0 Å². The molecule has 1 atom stereocenters. The number of carbonyl (C=O) groups excluding carboxylic acids is 1. The molecule has 0 heterocycles. The number of rotatable bonds is 9. The van der Waals surface area contributed by atoms with E-state index in [1.54, 1.807) is 14.2 Å². The first-order valence-electron chi connectivity index (χ1n) is 7.51. The van der Waals surface area contributed by atoms with Crippen LogP contribution in [0, 0.1) is 5.41 Å². The minimum Gasteiger partial charge on any atom is -0.481 e. The van der Waals surface area contributed by atoms with Crippen molar-refractivity contribution >= 4 is 11.9 Å². The largest absolute Gasteiger partial charge is 0.481 e. The van der Waals surface area contributed by atoms with Crippen molar-refractivity contribution in [1.29, 1.82) is 0 Å². The molecule has 1 fully saturated rings. The van der Waals surface area contributed by atoms with E-state index in [0.717, 1.165) is 32.1 Å². The number of carboxylic acids is 1. The van der Waals surface area contributed by atoms with Crippen molar-refractivity contribution in [1.82, 2.24) is 5.32 Å². The molecule has 0 spiro atoms. The summed E-state index contributed by atoms with van der Waals surface area (Å²) < 4.78 is 10.2. The third kappa shape index (κ3) is 6.44. The maximum atomic E-state index is 12.1. The van der Waals surface area contributed by atoms with Crippen LogP contribution in [-0.4, -0.2) is 50.5 Å². The topological polar surface area (TPSA) is 84.9 Å². The SMILES string of the molecule is COCC(CNC(=O)CC1(CC(=O)O)CCCCC1)OC. The first-order valence-corrected chi connectivity index (χ1v) is 7.51. The molecule has 6 nitrogen and oxygen atoms in total. The Morgan fingerprint density at radius 3 is 2.38 bits per heavy atom. The summed E-state index contributed by atoms with van der Waals surface area (Å²) in [4.78, 5) is 23.2. The standard InChI is InChI=1S/C15H27NO5/c1-20-11-12(21-2)10-16-13(17)8-15(9-14(18)19)6-4-3-5-7-15/h12H,3-11H2,1-2H3,(H,16,17)(H,18,19). The molecule has 1 amide bonds. The van der Waals surface area contributed by atoms with E-state index in [-0.39, 0.29) is 30.3 Å². The Balaban J connectivity index is 2.50. The molecule has 0 aromatic rings. The number of carboxylic acid groups (broad SMARTS) is 1. The van der Waals surface area contributed by atoms with Gasteiger partial charge in [-0.25, -0.2) is 0 Å². The lowest BCUT2D eigenvalue weighted by Gasteiger charge is -2.35. The van der Waals surface area contributed by atoms with Crippen molar-refractivity contribution in [2.45, 2.75) is 51.0 Å². The third-order valence-corrected chi connectivity index (χ3v) is 4.19. The van der Waals surface area contributed by atoms with E-state index in [9.17, 15) is 9.59 Å². The smallest absolute Gasteiger partial charge is 0.303 e. The molecule has 0 aliphatic heterocycles. The van der Waals surface area contributed by atoms with Crippen LogP contribution in [0.5, 0.6) is 0 Å². The number of amides is 1. The number of methoxy groups -OCH3 is 2. The van der Waals surface area contributed by atoms with Crippen LogP contribution in [-0.2, 0) is 19.1 Å². The van der Waals surface area contributed by atoms with Gasteiger partial charge < -0.3 is 19.9 Å². The van der Waals surface area contributed by atoms with E-state index < -0.39 is 5.97 Å². The zero-order valence-corrected chi connectivity index (χ0v) is 13.0. The lowest BCUT2D eigenvalue weighted by atomic mass is 9.69. The number of nitrogens with one attached hydrogen (secondary N) is 1. The van der Waals surface area contributed by atoms with Crippen LogP contribution in [0.1, 0.15) is 44.9 Å². The average Bonchev–Trinajstić information content (AvgIpc) is 2.43. The molecular formula is C15H27NO5. The Kier molecular flexibility index (Phi) is 7.67. The van der Waals surface area contributed by atoms with Gasteiger partial charge >= 0.3 is 5.97 Å². The molecule has 0 radical (unpaired) electrons. The van der Waals surface area contributed by atoms with Crippen LogP contribution in [0.15, 0.2) is 0 Å². The molecule has 0 aromatic carbocycles. The molecule has 6 heteroatoms. The summed E-state index contributed by atoms with van der Waals surface area (Å²) in [6.07, 6.45) is 4.95. The third-order valence-electron chi connectivity index (χ3n) is 4.19. The molecule has 122 valence electrons. The second kappa shape index (κ2) is 9.00. The molecule has 0 aromatic heterocycles. The van der Waals surface area contributed by atoms with E-state index in [4.69, 9.17) is 14.6 Å². The van der Waals surface area contributed by atoms with Crippen LogP contribution in [0.25, 0.3) is 0 Å². The fraction of sp³-hybridized carbons (Fsp3) is 0.867. The quantitative estimate of drug-likeness (QED) is 0.675.